The summed E-state index contributed by atoms with van der Waals surface area (Å²) in [7, 11) is 0. The van der Waals surface area contributed by atoms with E-state index in [4.69, 9.17) is 5.73 Å². The van der Waals surface area contributed by atoms with Gasteiger partial charge in [-0.25, -0.2) is 9.97 Å². The van der Waals surface area contributed by atoms with Crippen LogP contribution >= 0.6 is 11.8 Å². The number of benzene rings is 1. The van der Waals surface area contributed by atoms with Crippen LogP contribution in [0.3, 0.4) is 0 Å². The van der Waals surface area contributed by atoms with E-state index in [9.17, 15) is 0 Å². The van der Waals surface area contributed by atoms with Crippen LogP contribution in [0.5, 0.6) is 0 Å². The summed E-state index contributed by atoms with van der Waals surface area (Å²) in [5.41, 5.74) is 7.96. The van der Waals surface area contributed by atoms with Gasteiger partial charge >= 0.3 is 0 Å². The molecule has 0 spiro atoms. The van der Waals surface area contributed by atoms with Gasteiger partial charge < -0.3 is 11.1 Å². The lowest BCUT2D eigenvalue weighted by atomic mass is 10.1. The van der Waals surface area contributed by atoms with Gasteiger partial charge in [0.25, 0.3) is 0 Å². The SMILES string of the molecule is CCc1ccccc1Nc1nc(N)nc(CSc2ncccn2)n1. The van der Waals surface area contributed by atoms with Crippen LogP contribution in [0.25, 0.3) is 0 Å². The molecule has 0 saturated heterocycles. The van der Waals surface area contributed by atoms with Crippen molar-refractivity contribution < 1.29 is 0 Å². The highest BCUT2D eigenvalue weighted by molar-refractivity contribution is 7.98. The summed E-state index contributed by atoms with van der Waals surface area (Å²) in [5.74, 6) is 1.72. The number of para-hydroxylation sites is 1. The molecule has 0 fully saturated rings. The Morgan fingerprint density at radius 3 is 2.62 bits per heavy atom. The second-order valence-corrected chi connectivity index (χ2v) is 5.83. The van der Waals surface area contributed by atoms with Crippen LogP contribution < -0.4 is 11.1 Å². The van der Waals surface area contributed by atoms with Gasteiger partial charge in [-0.2, -0.15) is 15.0 Å². The quantitative estimate of drug-likeness (QED) is 0.522. The highest BCUT2D eigenvalue weighted by Crippen LogP contribution is 2.21. The topological polar surface area (TPSA) is 102 Å². The number of hydrogen-bond acceptors (Lipinski definition) is 8. The average molecular weight is 339 g/mol. The molecule has 3 rings (SSSR count). The Kier molecular flexibility index (Phi) is 5.17. The fraction of sp³-hybridized carbons (Fsp3) is 0.188. The predicted molar refractivity (Wildman–Crippen MR) is 94.9 cm³/mol. The maximum absolute atomic E-state index is 5.81. The van der Waals surface area contributed by atoms with Crippen molar-refractivity contribution in [2.24, 2.45) is 0 Å². The number of nitrogens with one attached hydrogen (secondary N) is 1. The largest absolute Gasteiger partial charge is 0.368 e. The summed E-state index contributed by atoms with van der Waals surface area (Å²) < 4.78 is 0. The van der Waals surface area contributed by atoms with Crippen LogP contribution in [-0.4, -0.2) is 24.9 Å². The van der Waals surface area contributed by atoms with Gasteiger partial charge in [0, 0.05) is 18.1 Å². The van der Waals surface area contributed by atoms with Gasteiger partial charge in [0.15, 0.2) is 5.16 Å². The minimum Gasteiger partial charge on any atom is -0.368 e. The average Bonchev–Trinajstić information content (AvgIpc) is 2.61. The summed E-state index contributed by atoms with van der Waals surface area (Å²) >= 11 is 1.45. The lowest BCUT2D eigenvalue weighted by molar-refractivity contribution is 0.949. The third kappa shape index (κ3) is 4.17. The lowest BCUT2D eigenvalue weighted by Gasteiger charge is -2.10. The highest BCUT2D eigenvalue weighted by atomic mass is 32.2. The minimum absolute atomic E-state index is 0.186. The first-order valence-corrected chi connectivity index (χ1v) is 8.48. The van der Waals surface area contributed by atoms with Gasteiger partial charge in [-0.1, -0.05) is 36.9 Å². The Morgan fingerprint density at radius 2 is 1.83 bits per heavy atom. The molecule has 0 unspecified atom stereocenters. The summed E-state index contributed by atoms with van der Waals surface area (Å²) in [6, 6.07) is 9.81. The second kappa shape index (κ2) is 7.69. The zero-order valence-electron chi connectivity index (χ0n) is 13.2. The second-order valence-electron chi connectivity index (χ2n) is 4.89. The first-order valence-electron chi connectivity index (χ1n) is 7.49. The number of hydrogen-bond donors (Lipinski definition) is 2. The summed E-state index contributed by atoms with van der Waals surface area (Å²) in [6.07, 6.45) is 4.31. The van der Waals surface area contributed by atoms with E-state index in [0.29, 0.717) is 22.7 Å². The van der Waals surface area contributed by atoms with Crippen molar-refractivity contribution in [1.82, 2.24) is 24.9 Å². The fourth-order valence-corrected chi connectivity index (χ4v) is 2.78. The van der Waals surface area contributed by atoms with Gasteiger partial charge in [-0.15, -0.1) is 0 Å². The molecule has 1 aromatic carbocycles. The van der Waals surface area contributed by atoms with Gasteiger partial charge in [-0.3, -0.25) is 0 Å². The first-order chi connectivity index (χ1) is 11.7. The number of aromatic nitrogens is 5. The summed E-state index contributed by atoms with van der Waals surface area (Å²) in [6.45, 7) is 2.10. The Hall–Kier alpha value is -2.74. The predicted octanol–water partition coefficient (Wildman–Crippen LogP) is 2.84. The summed E-state index contributed by atoms with van der Waals surface area (Å²) in [4.78, 5) is 21.1. The molecule has 2 aromatic heterocycles. The van der Waals surface area contributed by atoms with E-state index >= 15 is 0 Å². The zero-order valence-corrected chi connectivity index (χ0v) is 14.0. The molecule has 8 heteroatoms. The van der Waals surface area contributed by atoms with Crippen molar-refractivity contribution in [3.63, 3.8) is 0 Å². The van der Waals surface area contributed by atoms with E-state index in [1.807, 2.05) is 18.2 Å². The van der Waals surface area contributed by atoms with Gasteiger partial charge in [0.1, 0.15) is 5.82 Å². The number of nitrogen functional groups attached to an aromatic ring is 1. The molecule has 0 radical (unpaired) electrons. The van der Waals surface area contributed by atoms with Crippen LogP contribution in [0.4, 0.5) is 17.6 Å². The molecule has 0 aliphatic rings. The standard InChI is InChI=1S/C16H17N7S/c1-2-11-6-3-4-7-12(11)20-15-22-13(21-14(17)23-15)10-24-16-18-8-5-9-19-16/h3-9H,2,10H2,1H3,(H3,17,20,21,22,23). The Balaban J connectivity index is 1.76. The van der Waals surface area contributed by atoms with E-state index < -0.39 is 0 Å². The normalized spacial score (nSPS) is 10.5. The number of nitrogens with zero attached hydrogens (tertiary/aromatic N) is 5. The maximum Gasteiger partial charge on any atom is 0.232 e. The molecule has 0 amide bonds. The molecule has 7 nitrogen and oxygen atoms in total. The summed E-state index contributed by atoms with van der Waals surface area (Å²) in [5, 5.41) is 3.89. The van der Waals surface area contributed by atoms with E-state index in [-0.39, 0.29) is 5.95 Å². The van der Waals surface area contributed by atoms with Gasteiger partial charge in [-0.05, 0) is 24.1 Å². The van der Waals surface area contributed by atoms with Crippen molar-refractivity contribution >= 4 is 29.3 Å². The monoisotopic (exact) mass is 339 g/mol. The number of nitrogens with two attached hydrogens (primary N) is 1. The smallest absolute Gasteiger partial charge is 0.232 e. The third-order valence-corrected chi connectivity index (χ3v) is 4.09. The van der Waals surface area contributed by atoms with Crippen LogP contribution in [0, 0.1) is 0 Å². The van der Waals surface area contributed by atoms with Gasteiger partial charge in [0.2, 0.25) is 11.9 Å². The minimum atomic E-state index is 0.186. The van der Waals surface area contributed by atoms with Crippen molar-refractivity contribution in [2.45, 2.75) is 24.3 Å². The molecule has 0 bridgehead atoms. The van der Waals surface area contributed by atoms with E-state index in [2.05, 4.69) is 43.2 Å². The van der Waals surface area contributed by atoms with E-state index in [1.54, 1.807) is 18.5 Å². The molecule has 122 valence electrons. The van der Waals surface area contributed by atoms with Crippen LogP contribution in [0.15, 0.2) is 47.9 Å². The molecule has 0 aliphatic carbocycles. The molecule has 3 aromatic rings. The number of rotatable bonds is 6. The Bertz CT molecular complexity index is 811. The Labute approximate surface area is 144 Å². The molecular formula is C16H17N7S. The van der Waals surface area contributed by atoms with Crippen molar-refractivity contribution in [3.8, 4) is 0 Å². The maximum atomic E-state index is 5.81. The molecule has 0 saturated carbocycles. The van der Waals surface area contributed by atoms with Crippen LogP contribution in [-0.2, 0) is 12.2 Å². The zero-order chi connectivity index (χ0) is 16.8. The number of anilines is 3. The van der Waals surface area contributed by atoms with Gasteiger partial charge in [0.05, 0.1) is 5.75 Å². The highest BCUT2D eigenvalue weighted by Gasteiger charge is 2.08. The molecule has 2 heterocycles. The molecule has 3 N–H and O–H groups in total. The molecule has 24 heavy (non-hydrogen) atoms. The Morgan fingerprint density at radius 1 is 1.04 bits per heavy atom. The van der Waals surface area contributed by atoms with Crippen LogP contribution in [0.2, 0.25) is 0 Å². The lowest BCUT2D eigenvalue weighted by Crippen LogP contribution is -2.07. The third-order valence-electron chi connectivity index (χ3n) is 3.22. The number of thioether (sulfide) groups is 1. The van der Waals surface area contributed by atoms with Crippen LogP contribution in [0.1, 0.15) is 18.3 Å². The van der Waals surface area contributed by atoms with Crippen molar-refractivity contribution in [3.05, 3.63) is 54.1 Å². The van der Waals surface area contributed by atoms with Crippen molar-refractivity contribution in [2.75, 3.05) is 11.1 Å². The molecular weight excluding hydrogens is 322 g/mol. The number of aryl methyl sites for hydroxylation is 1. The molecule has 0 atom stereocenters. The first kappa shape index (κ1) is 16.1. The van der Waals surface area contributed by atoms with E-state index in [0.717, 1.165) is 12.1 Å². The van der Waals surface area contributed by atoms with E-state index in [1.165, 1.54) is 17.3 Å². The molecule has 0 aliphatic heterocycles. The van der Waals surface area contributed by atoms with Crippen molar-refractivity contribution in [1.29, 1.82) is 0 Å². The fourth-order valence-electron chi connectivity index (χ4n) is 2.12.